The average Bonchev–Trinajstić information content (AvgIpc) is 2.88. The van der Waals surface area contributed by atoms with Crippen LogP contribution in [0.3, 0.4) is 0 Å². The monoisotopic (exact) mass is 300 g/mol. The van der Waals surface area contributed by atoms with Gasteiger partial charge in [0.15, 0.2) is 0 Å². The van der Waals surface area contributed by atoms with Crippen LogP contribution in [0, 0.1) is 10.1 Å². The topological polar surface area (TPSA) is 101 Å². The normalized spacial score (nSPS) is 20.1. The van der Waals surface area contributed by atoms with Crippen molar-refractivity contribution < 1.29 is 18.4 Å². The Labute approximate surface area is 117 Å². The predicted octanol–water partition coefficient (Wildman–Crippen LogP) is 0.881. The highest BCUT2D eigenvalue weighted by Gasteiger charge is 2.33. The van der Waals surface area contributed by atoms with Crippen molar-refractivity contribution in [2.45, 2.75) is 24.6 Å². The van der Waals surface area contributed by atoms with Crippen molar-refractivity contribution >= 4 is 15.7 Å². The molecule has 0 saturated carbocycles. The van der Waals surface area contributed by atoms with Crippen LogP contribution in [0.25, 0.3) is 0 Å². The summed E-state index contributed by atoms with van der Waals surface area (Å²) in [5.41, 5.74) is 0.430. The van der Waals surface area contributed by atoms with Crippen LogP contribution in [0.1, 0.15) is 18.4 Å². The molecule has 8 heteroatoms. The average molecular weight is 300 g/mol. The molecule has 1 aliphatic heterocycles. The number of non-ortho nitro benzene ring substituents is 1. The van der Waals surface area contributed by atoms with Gasteiger partial charge in [-0.15, -0.1) is 0 Å². The smallest absolute Gasteiger partial charge is 0.269 e. The van der Waals surface area contributed by atoms with Crippen molar-refractivity contribution in [1.29, 1.82) is 0 Å². The first kappa shape index (κ1) is 14.9. The highest BCUT2D eigenvalue weighted by molar-refractivity contribution is 7.88. The van der Waals surface area contributed by atoms with E-state index >= 15 is 0 Å². The van der Waals surface area contributed by atoms with E-state index in [0.29, 0.717) is 18.5 Å². The fraction of sp³-hybridized carbons (Fsp3) is 0.500. The van der Waals surface area contributed by atoms with Crippen LogP contribution in [0.4, 0.5) is 5.69 Å². The van der Waals surface area contributed by atoms with E-state index in [0.717, 1.165) is 6.42 Å². The lowest BCUT2D eigenvalue weighted by Gasteiger charge is -2.22. The summed E-state index contributed by atoms with van der Waals surface area (Å²) in [6.45, 7) is 0.236. The van der Waals surface area contributed by atoms with Gasteiger partial charge in [0, 0.05) is 24.7 Å². The summed E-state index contributed by atoms with van der Waals surface area (Å²) in [5, 5.41) is 19.7. The number of aliphatic hydroxyl groups excluding tert-OH is 1. The van der Waals surface area contributed by atoms with Gasteiger partial charge in [-0.1, -0.05) is 12.1 Å². The van der Waals surface area contributed by atoms with Crippen molar-refractivity contribution in [3.8, 4) is 0 Å². The summed E-state index contributed by atoms with van der Waals surface area (Å²) in [5.74, 6) is -0.207. The molecule has 0 unspecified atom stereocenters. The molecular formula is C12H16N2O5S. The van der Waals surface area contributed by atoms with Crippen molar-refractivity contribution in [2.75, 3.05) is 13.2 Å². The maximum absolute atomic E-state index is 12.3. The zero-order valence-corrected chi connectivity index (χ0v) is 11.6. The van der Waals surface area contributed by atoms with Crippen molar-refractivity contribution in [1.82, 2.24) is 4.31 Å². The molecule has 0 aliphatic carbocycles. The Kier molecular flexibility index (Phi) is 4.36. The summed E-state index contributed by atoms with van der Waals surface area (Å²) in [6, 6.07) is 5.12. The molecule has 0 aromatic heterocycles. The largest absolute Gasteiger partial charge is 0.395 e. The van der Waals surface area contributed by atoms with E-state index in [-0.39, 0.29) is 24.1 Å². The van der Waals surface area contributed by atoms with Gasteiger partial charge >= 0.3 is 0 Å². The number of hydrogen-bond donors (Lipinski definition) is 1. The molecule has 1 atom stereocenters. The fourth-order valence-electron chi connectivity index (χ4n) is 2.37. The molecule has 2 rings (SSSR count). The molecule has 0 spiro atoms. The fourth-order valence-corrected chi connectivity index (χ4v) is 4.18. The Morgan fingerprint density at radius 3 is 2.55 bits per heavy atom. The van der Waals surface area contributed by atoms with Gasteiger partial charge in [-0.05, 0) is 18.4 Å². The van der Waals surface area contributed by atoms with Gasteiger partial charge in [0.2, 0.25) is 10.0 Å². The second-order valence-corrected chi connectivity index (χ2v) is 6.69. The highest BCUT2D eigenvalue weighted by atomic mass is 32.2. The molecule has 110 valence electrons. The van der Waals surface area contributed by atoms with Gasteiger partial charge in [0.05, 0.1) is 17.3 Å². The minimum Gasteiger partial charge on any atom is -0.395 e. The highest BCUT2D eigenvalue weighted by Crippen LogP contribution is 2.23. The van der Waals surface area contributed by atoms with Crippen LogP contribution >= 0.6 is 0 Å². The van der Waals surface area contributed by atoms with Crippen molar-refractivity contribution in [3.63, 3.8) is 0 Å². The molecule has 1 N–H and O–H groups in total. The van der Waals surface area contributed by atoms with Gasteiger partial charge in [-0.25, -0.2) is 8.42 Å². The third-order valence-electron chi connectivity index (χ3n) is 3.39. The van der Waals surface area contributed by atoms with Crippen LogP contribution in [0.5, 0.6) is 0 Å². The van der Waals surface area contributed by atoms with Crippen LogP contribution in [0.2, 0.25) is 0 Å². The second kappa shape index (κ2) is 5.86. The van der Waals surface area contributed by atoms with Gasteiger partial charge in [-0.2, -0.15) is 4.31 Å². The SMILES string of the molecule is O=[N+]([O-])c1ccc(CS(=O)(=O)N2CCC[C@H]2CO)cc1. The van der Waals surface area contributed by atoms with Crippen molar-refractivity contribution in [2.24, 2.45) is 0 Å². The Hall–Kier alpha value is -1.51. The Bertz CT molecular complexity index is 584. The van der Waals surface area contributed by atoms with E-state index in [9.17, 15) is 23.6 Å². The zero-order valence-electron chi connectivity index (χ0n) is 10.8. The maximum atomic E-state index is 12.3. The lowest BCUT2D eigenvalue weighted by Crippen LogP contribution is -2.38. The number of aliphatic hydroxyl groups is 1. The predicted molar refractivity (Wildman–Crippen MR) is 72.5 cm³/mol. The molecule has 7 nitrogen and oxygen atoms in total. The summed E-state index contributed by atoms with van der Waals surface area (Å²) in [7, 11) is -3.50. The van der Waals surface area contributed by atoms with Gasteiger partial charge in [-0.3, -0.25) is 10.1 Å². The molecule has 0 radical (unpaired) electrons. The molecule has 1 aromatic carbocycles. The van der Waals surface area contributed by atoms with E-state index in [1.807, 2.05) is 0 Å². The maximum Gasteiger partial charge on any atom is 0.269 e. The first-order chi connectivity index (χ1) is 9.44. The molecule has 0 amide bonds. The molecule has 1 aromatic rings. The van der Waals surface area contributed by atoms with E-state index in [2.05, 4.69) is 0 Å². The summed E-state index contributed by atoms with van der Waals surface area (Å²) < 4.78 is 25.9. The third kappa shape index (κ3) is 3.14. The summed E-state index contributed by atoms with van der Waals surface area (Å²) >= 11 is 0. The van der Waals surface area contributed by atoms with E-state index in [4.69, 9.17) is 0 Å². The van der Waals surface area contributed by atoms with E-state index < -0.39 is 14.9 Å². The Balaban J connectivity index is 2.13. The standard InChI is InChI=1S/C12H16N2O5S/c15-8-12-2-1-7-13(12)20(18,19)9-10-3-5-11(6-4-10)14(16)17/h3-6,12,15H,1-2,7-9H2/t12-/m0/s1. The lowest BCUT2D eigenvalue weighted by molar-refractivity contribution is -0.384. The van der Waals surface area contributed by atoms with Crippen LogP contribution < -0.4 is 0 Å². The number of sulfonamides is 1. The number of nitrogens with zero attached hydrogens (tertiary/aromatic N) is 2. The number of rotatable bonds is 5. The van der Waals surface area contributed by atoms with Crippen molar-refractivity contribution in [3.05, 3.63) is 39.9 Å². The number of nitro benzene ring substituents is 1. The molecule has 1 fully saturated rings. The number of nitro groups is 1. The molecule has 1 heterocycles. The van der Waals surface area contributed by atoms with Crippen LogP contribution in [-0.2, 0) is 15.8 Å². The number of hydrogen-bond acceptors (Lipinski definition) is 5. The van der Waals surface area contributed by atoms with Crippen LogP contribution in [-0.4, -0.2) is 41.9 Å². The minimum absolute atomic E-state index is 0.0689. The second-order valence-electron chi connectivity index (χ2n) is 4.77. The van der Waals surface area contributed by atoms with Crippen LogP contribution in [0.15, 0.2) is 24.3 Å². The molecule has 1 aliphatic rings. The van der Waals surface area contributed by atoms with Gasteiger partial charge in [0.25, 0.3) is 5.69 Å². The summed E-state index contributed by atoms with van der Waals surface area (Å²) in [6.07, 6.45) is 1.40. The first-order valence-corrected chi connectivity index (χ1v) is 7.88. The Morgan fingerprint density at radius 2 is 2.00 bits per heavy atom. The zero-order chi connectivity index (χ0) is 14.8. The first-order valence-electron chi connectivity index (χ1n) is 6.28. The minimum atomic E-state index is -3.50. The van der Waals surface area contributed by atoms with E-state index in [1.54, 1.807) is 0 Å². The third-order valence-corrected chi connectivity index (χ3v) is 5.28. The quantitative estimate of drug-likeness (QED) is 0.642. The molecule has 20 heavy (non-hydrogen) atoms. The summed E-state index contributed by atoms with van der Waals surface area (Å²) in [4.78, 5) is 10.0. The van der Waals surface area contributed by atoms with E-state index in [1.165, 1.54) is 28.6 Å². The molecule has 0 bridgehead atoms. The lowest BCUT2D eigenvalue weighted by atomic mass is 10.2. The number of benzene rings is 1. The Morgan fingerprint density at radius 1 is 1.35 bits per heavy atom. The molecular weight excluding hydrogens is 284 g/mol. The molecule has 1 saturated heterocycles. The van der Waals surface area contributed by atoms with Gasteiger partial charge < -0.3 is 5.11 Å². The van der Waals surface area contributed by atoms with Gasteiger partial charge in [0.1, 0.15) is 0 Å².